The lowest BCUT2D eigenvalue weighted by molar-refractivity contribution is 0.720. The predicted molar refractivity (Wildman–Crippen MR) is 75.4 cm³/mol. The molecule has 0 aliphatic carbocycles. The molecule has 0 bridgehead atoms. The second-order valence-electron chi connectivity index (χ2n) is 4.58. The summed E-state index contributed by atoms with van der Waals surface area (Å²) < 4.78 is 0. The van der Waals surface area contributed by atoms with E-state index in [9.17, 15) is 0 Å². The molecule has 0 saturated carbocycles. The molecule has 2 unspecified atom stereocenters. The summed E-state index contributed by atoms with van der Waals surface area (Å²) in [4.78, 5) is 18.0. The Hall–Kier alpha value is -1.01. The Morgan fingerprint density at radius 1 is 1.33 bits per heavy atom. The quantitative estimate of drug-likeness (QED) is 0.814. The van der Waals surface area contributed by atoms with E-state index in [1.807, 2.05) is 11.8 Å². The van der Waals surface area contributed by atoms with E-state index in [2.05, 4.69) is 38.7 Å². The number of nitrogens with zero attached hydrogens (tertiary/aromatic N) is 4. The third-order valence-corrected chi connectivity index (χ3v) is 4.35. The monoisotopic (exact) mass is 283 g/mol. The molecule has 0 radical (unpaired) electrons. The van der Waals surface area contributed by atoms with Crippen molar-refractivity contribution in [2.24, 2.45) is 0 Å². The van der Waals surface area contributed by atoms with Gasteiger partial charge in [-0.25, -0.2) is 4.98 Å². The first-order chi connectivity index (χ1) is 8.63. The topological polar surface area (TPSA) is 57.7 Å². The number of aromatic amines is 1. The third kappa shape index (κ3) is 2.14. The second-order valence-corrected chi connectivity index (χ2v) is 6.80. The molecule has 7 heteroatoms. The van der Waals surface area contributed by atoms with Gasteiger partial charge in [0.2, 0.25) is 5.28 Å². The van der Waals surface area contributed by atoms with Crippen LogP contribution in [0.3, 0.4) is 0 Å². The number of thioether (sulfide) groups is 1. The summed E-state index contributed by atoms with van der Waals surface area (Å²) in [5.41, 5.74) is 1.49. The number of nitrogens with one attached hydrogen (secondary N) is 1. The highest BCUT2D eigenvalue weighted by atomic mass is 35.5. The fourth-order valence-corrected chi connectivity index (χ4v) is 3.86. The summed E-state index contributed by atoms with van der Waals surface area (Å²) in [5.74, 6) is 0.863. The summed E-state index contributed by atoms with van der Waals surface area (Å²) in [5, 5.41) is 1.42. The molecule has 2 aromatic rings. The molecular formula is C11H14ClN5S. The average molecular weight is 284 g/mol. The minimum atomic E-state index is 0.253. The van der Waals surface area contributed by atoms with Gasteiger partial charge in [0, 0.05) is 23.6 Å². The number of imidazole rings is 1. The number of hydrogen-bond donors (Lipinski definition) is 1. The van der Waals surface area contributed by atoms with Crippen molar-refractivity contribution in [2.75, 3.05) is 18.0 Å². The maximum absolute atomic E-state index is 5.96. The van der Waals surface area contributed by atoms with E-state index in [0.29, 0.717) is 16.1 Å². The Morgan fingerprint density at radius 2 is 2.06 bits per heavy atom. The molecule has 1 aliphatic heterocycles. The van der Waals surface area contributed by atoms with Crippen LogP contribution in [0.1, 0.15) is 13.8 Å². The van der Waals surface area contributed by atoms with Gasteiger partial charge < -0.3 is 9.88 Å². The van der Waals surface area contributed by atoms with Crippen molar-refractivity contribution in [3.05, 3.63) is 11.6 Å². The van der Waals surface area contributed by atoms with Gasteiger partial charge in [-0.1, -0.05) is 13.8 Å². The zero-order chi connectivity index (χ0) is 12.7. The predicted octanol–water partition coefficient (Wildman–Crippen LogP) is 2.34. The smallest absolute Gasteiger partial charge is 0.226 e. The van der Waals surface area contributed by atoms with Crippen molar-refractivity contribution in [1.82, 2.24) is 19.9 Å². The van der Waals surface area contributed by atoms with E-state index in [1.165, 1.54) is 0 Å². The fourth-order valence-electron chi connectivity index (χ4n) is 2.37. The average Bonchev–Trinajstić information content (AvgIpc) is 2.74. The van der Waals surface area contributed by atoms with E-state index in [1.54, 1.807) is 6.33 Å². The zero-order valence-corrected chi connectivity index (χ0v) is 11.8. The molecule has 18 heavy (non-hydrogen) atoms. The van der Waals surface area contributed by atoms with Crippen molar-refractivity contribution in [3.63, 3.8) is 0 Å². The Morgan fingerprint density at radius 3 is 2.78 bits per heavy atom. The van der Waals surface area contributed by atoms with Crippen LogP contribution in [0.5, 0.6) is 0 Å². The zero-order valence-electron chi connectivity index (χ0n) is 10.2. The molecule has 2 aromatic heterocycles. The molecule has 2 atom stereocenters. The Bertz CT molecular complexity index is 562. The molecule has 96 valence electrons. The Kier molecular flexibility index (Phi) is 3.07. The fraction of sp³-hybridized carbons (Fsp3) is 0.545. The minimum absolute atomic E-state index is 0.253. The van der Waals surface area contributed by atoms with Crippen molar-refractivity contribution in [2.45, 2.75) is 24.3 Å². The summed E-state index contributed by atoms with van der Waals surface area (Å²) in [6.07, 6.45) is 1.63. The summed E-state index contributed by atoms with van der Waals surface area (Å²) in [6.45, 7) is 6.41. The van der Waals surface area contributed by atoms with E-state index in [0.717, 1.165) is 24.4 Å². The van der Waals surface area contributed by atoms with E-state index in [4.69, 9.17) is 11.6 Å². The van der Waals surface area contributed by atoms with Gasteiger partial charge in [-0.05, 0) is 11.6 Å². The SMILES string of the molecule is CC1CN(c2nc(Cl)nc3nc[nH]c23)CC(C)S1. The minimum Gasteiger partial charge on any atom is -0.352 e. The number of hydrogen-bond acceptors (Lipinski definition) is 5. The normalized spacial score (nSPS) is 24.7. The standard InChI is InChI=1S/C11H14ClN5S/c1-6-3-17(4-7(2)18-6)10-8-9(14-5-13-8)15-11(12)16-10/h5-7H,3-4H2,1-2H3,(H,13,14,15,16). The van der Waals surface area contributed by atoms with Gasteiger partial charge >= 0.3 is 0 Å². The molecule has 0 spiro atoms. The van der Waals surface area contributed by atoms with E-state index >= 15 is 0 Å². The molecule has 5 nitrogen and oxygen atoms in total. The van der Waals surface area contributed by atoms with Gasteiger partial charge in [0.15, 0.2) is 11.5 Å². The van der Waals surface area contributed by atoms with Crippen LogP contribution in [0.4, 0.5) is 5.82 Å². The Labute approximate surface area is 114 Å². The summed E-state index contributed by atoms with van der Waals surface area (Å²) in [7, 11) is 0. The van der Waals surface area contributed by atoms with Crippen LogP contribution in [0.2, 0.25) is 5.28 Å². The van der Waals surface area contributed by atoms with Crippen molar-refractivity contribution < 1.29 is 0 Å². The number of halogens is 1. The van der Waals surface area contributed by atoms with E-state index < -0.39 is 0 Å². The summed E-state index contributed by atoms with van der Waals surface area (Å²) in [6, 6.07) is 0. The second kappa shape index (κ2) is 4.59. The first-order valence-electron chi connectivity index (χ1n) is 5.90. The van der Waals surface area contributed by atoms with Crippen LogP contribution in [0, 0.1) is 0 Å². The van der Waals surface area contributed by atoms with Gasteiger partial charge in [0.1, 0.15) is 5.52 Å². The molecule has 0 aromatic carbocycles. The van der Waals surface area contributed by atoms with Crippen molar-refractivity contribution in [1.29, 1.82) is 0 Å². The summed E-state index contributed by atoms with van der Waals surface area (Å²) >= 11 is 7.97. The molecule has 1 saturated heterocycles. The third-order valence-electron chi connectivity index (χ3n) is 2.96. The van der Waals surface area contributed by atoms with Gasteiger partial charge in [-0.2, -0.15) is 21.7 Å². The van der Waals surface area contributed by atoms with Gasteiger partial charge in [0.05, 0.1) is 6.33 Å². The lowest BCUT2D eigenvalue weighted by Crippen LogP contribution is -2.41. The van der Waals surface area contributed by atoms with Crippen molar-refractivity contribution in [3.8, 4) is 0 Å². The van der Waals surface area contributed by atoms with Gasteiger partial charge in [0.25, 0.3) is 0 Å². The largest absolute Gasteiger partial charge is 0.352 e. The first kappa shape index (κ1) is 12.0. The molecule has 0 amide bonds. The molecule has 3 rings (SSSR count). The number of fused-ring (bicyclic) bond motifs is 1. The number of H-pyrrole nitrogens is 1. The molecule has 3 heterocycles. The van der Waals surface area contributed by atoms with Crippen LogP contribution < -0.4 is 4.90 Å². The molecule has 1 fully saturated rings. The molecular weight excluding hydrogens is 270 g/mol. The highest BCUT2D eigenvalue weighted by Gasteiger charge is 2.25. The Balaban J connectivity index is 2.05. The molecule has 1 aliphatic rings. The van der Waals surface area contributed by atoms with Crippen molar-refractivity contribution >= 4 is 40.3 Å². The van der Waals surface area contributed by atoms with Crippen LogP contribution in [-0.4, -0.2) is 43.5 Å². The first-order valence-corrected chi connectivity index (χ1v) is 7.22. The van der Waals surface area contributed by atoms with Crippen LogP contribution >= 0.6 is 23.4 Å². The van der Waals surface area contributed by atoms with Crippen LogP contribution in [0.15, 0.2) is 6.33 Å². The number of aromatic nitrogens is 4. The highest BCUT2D eigenvalue weighted by Crippen LogP contribution is 2.30. The van der Waals surface area contributed by atoms with Crippen LogP contribution in [-0.2, 0) is 0 Å². The van der Waals surface area contributed by atoms with Gasteiger partial charge in [-0.3, -0.25) is 0 Å². The lowest BCUT2D eigenvalue weighted by Gasteiger charge is -2.35. The maximum atomic E-state index is 5.96. The van der Waals surface area contributed by atoms with Gasteiger partial charge in [-0.15, -0.1) is 0 Å². The van der Waals surface area contributed by atoms with Crippen LogP contribution in [0.25, 0.3) is 11.2 Å². The van der Waals surface area contributed by atoms with E-state index in [-0.39, 0.29) is 5.28 Å². The maximum Gasteiger partial charge on any atom is 0.226 e. The number of rotatable bonds is 1. The highest BCUT2D eigenvalue weighted by molar-refractivity contribution is 8.00. The lowest BCUT2D eigenvalue weighted by atomic mass is 10.3. The molecule has 1 N–H and O–H groups in total. The number of anilines is 1.